The lowest BCUT2D eigenvalue weighted by Crippen LogP contribution is -2.40. The van der Waals surface area contributed by atoms with E-state index in [2.05, 4.69) is 10.3 Å². The zero-order valence-electron chi connectivity index (χ0n) is 19.8. The molecule has 1 aliphatic heterocycles. The van der Waals surface area contributed by atoms with Gasteiger partial charge in [0, 0.05) is 32.2 Å². The van der Waals surface area contributed by atoms with Gasteiger partial charge in [-0.15, -0.1) is 0 Å². The van der Waals surface area contributed by atoms with Crippen LogP contribution in [-0.4, -0.2) is 60.0 Å². The van der Waals surface area contributed by atoms with Crippen molar-refractivity contribution in [1.82, 2.24) is 9.21 Å². The largest absolute Gasteiger partial charge is 0.326 e. The van der Waals surface area contributed by atoms with Crippen LogP contribution in [0.2, 0.25) is 0 Å². The smallest absolute Gasteiger partial charge is 0.242 e. The Labute approximate surface area is 205 Å². The summed E-state index contributed by atoms with van der Waals surface area (Å²) in [6.45, 7) is 4.00. The van der Waals surface area contributed by atoms with Crippen molar-refractivity contribution in [1.29, 1.82) is 0 Å². The van der Waals surface area contributed by atoms with Crippen molar-refractivity contribution in [2.75, 3.05) is 19.4 Å². The van der Waals surface area contributed by atoms with Gasteiger partial charge in [-0.2, -0.15) is 0 Å². The quantitative estimate of drug-likeness (QED) is 0.557. The number of hydrogen-bond acceptors (Lipinski definition) is 6. The number of nitrogens with one attached hydrogen (secondary N) is 1. The second-order valence-corrected chi connectivity index (χ2v) is 11.6. The monoisotopic (exact) mass is 502 g/mol. The SMILES string of the molecule is CCC[C@H](C)N1C(=O)[C@H](CC(=O)Nc2ccccc2)SC1=Nc1cccc(S(=O)(=O)N(C)C)c1. The molecular weight excluding hydrogens is 472 g/mol. The predicted octanol–water partition coefficient (Wildman–Crippen LogP) is 4.09. The summed E-state index contributed by atoms with van der Waals surface area (Å²) in [6.07, 6.45) is 1.68. The first-order valence-electron chi connectivity index (χ1n) is 11.1. The summed E-state index contributed by atoms with van der Waals surface area (Å²) >= 11 is 1.24. The van der Waals surface area contributed by atoms with Crippen LogP contribution in [0.15, 0.2) is 64.5 Å². The number of amides is 2. The second-order valence-electron chi connectivity index (χ2n) is 8.25. The third-order valence-electron chi connectivity index (χ3n) is 5.36. The van der Waals surface area contributed by atoms with Crippen LogP contribution >= 0.6 is 11.8 Å². The molecular formula is C24H30N4O4S2. The fourth-order valence-corrected chi connectivity index (χ4v) is 5.77. The van der Waals surface area contributed by atoms with E-state index in [1.165, 1.54) is 38.0 Å². The van der Waals surface area contributed by atoms with E-state index in [1.54, 1.807) is 29.2 Å². The Morgan fingerprint density at radius 2 is 1.88 bits per heavy atom. The molecule has 0 saturated carbocycles. The summed E-state index contributed by atoms with van der Waals surface area (Å²) < 4.78 is 26.2. The van der Waals surface area contributed by atoms with Crippen molar-refractivity contribution >= 4 is 50.1 Å². The number of rotatable bonds is 9. The van der Waals surface area contributed by atoms with Gasteiger partial charge in [-0.05, 0) is 43.7 Å². The number of para-hydroxylation sites is 1. The molecule has 0 aromatic heterocycles. The number of nitrogens with zero attached hydrogens (tertiary/aromatic N) is 3. The first kappa shape index (κ1) is 25.9. The van der Waals surface area contributed by atoms with E-state index in [1.807, 2.05) is 32.0 Å². The van der Waals surface area contributed by atoms with Crippen LogP contribution in [-0.2, 0) is 19.6 Å². The van der Waals surface area contributed by atoms with E-state index in [-0.39, 0.29) is 29.2 Å². The Morgan fingerprint density at radius 3 is 2.53 bits per heavy atom. The lowest BCUT2D eigenvalue weighted by atomic mass is 10.1. The first-order chi connectivity index (χ1) is 16.1. The predicted molar refractivity (Wildman–Crippen MR) is 137 cm³/mol. The van der Waals surface area contributed by atoms with E-state index in [4.69, 9.17) is 0 Å². The summed E-state index contributed by atoms with van der Waals surface area (Å²) in [6, 6.07) is 15.3. The Kier molecular flexibility index (Phi) is 8.51. The van der Waals surface area contributed by atoms with Crippen molar-refractivity contribution < 1.29 is 18.0 Å². The van der Waals surface area contributed by atoms with Gasteiger partial charge in [-0.1, -0.05) is 49.4 Å². The number of carbonyl (C=O) groups excluding carboxylic acids is 2. The van der Waals surface area contributed by atoms with Crippen LogP contribution in [0.1, 0.15) is 33.1 Å². The number of aliphatic imine (C=N–C) groups is 1. The molecule has 1 saturated heterocycles. The molecule has 182 valence electrons. The molecule has 1 aliphatic rings. The van der Waals surface area contributed by atoms with Gasteiger partial charge in [-0.25, -0.2) is 17.7 Å². The standard InChI is InChI=1S/C24H30N4O4S2/c1-5-10-17(2)28-23(30)21(16-22(29)25-18-11-7-6-8-12-18)33-24(28)26-19-13-9-14-20(15-19)34(31,32)27(3)4/h6-9,11-15,17,21H,5,10,16H2,1-4H3,(H,25,29)/t17-,21-/m0/s1. The van der Waals surface area contributed by atoms with Gasteiger partial charge in [0.25, 0.3) is 0 Å². The highest BCUT2D eigenvalue weighted by atomic mass is 32.2. The number of benzene rings is 2. The van der Waals surface area contributed by atoms with E-state index < -0.39 is 15.3 Å². The van der Waals surface area contributed by atoms with Gasteiger partial charge in [0.15, 0.2) is 5.17 Å². The zero-order chi connectivity index (χ0) is 24.9. The summed E-state index contributed by atoms with van der Waals surface area (Å²) in [5.41, 5.74) is 1.10. The van der Waals surface area contributed by atoms with Crippen LogP contribution in [0.25, 0.3) is 0 Å². The Bertz CT molecular complexity index is 1170. The van der Waals surface area contributed by atoms with Crippen LogP contribution in [0, 0.1) is 0 Å². The van der Waals surface area contributed by atoms with E-state index in [9.17, 15) is 18.0 Å². The summed E-state index contributed by atoms with van der Waals surface area (Å²) in [5, 5.41) is 2.70. The summed E-state index contributed by atoms with van der Waals surface area (Å²) in [5.74, 6) is -0.412. The van der Waals surface area contributed by atoms with Crippen LogP contribution in [0.4, 0.5) is 11.4 Å². The lowest BCUT2D eigenvalue weighted by molar-refractivity contribution is -0.129. The molecule has 3 rings (SSSR count). The topological polar surface area (TPSA) is 99.1 Å². The molecule has 0 bridgehead atoms. The number of thioether (sulfide) groups is 1. The molecule has 0 spiro atoms. The minimum atomic E-state index is -3.61. The fourth-order valence-electron chi connectivity index (χ4n) is 3.58. The molecule has 1 N–H and O–H groups in total. The van der Waals surface area contributed by atoms with Gasteiger partial charge in [0.05, 0.1) is 10.6 Å². The highest BCUT2D eigenvalue weighted by Crippen LogP contribution is 2.34. The molecule has 2 aromatic rings. The Hall–Kier alpha value is -2.69. The molecule has 0 unspecified atom stereocenters. The van der Waals surface area contributed by atoms with Crippen LogP contribution in [0.5, 0.6) is 0 Å². The van der Waals surface area contributed by atoms with Crippen molar-refractivity contribution in [3.63, 3.8) is 0 Å². The maximum Gasteiger partial charge on any atom is 0.242 e. The van der Waals surface area contributed by atoms with Crippen LogP contribution < -0.4 is 5.32 Å². The molecule has 34 heavy (non-hydrogen) atoms. The van der Waals surface area contributed by atoms with Crippen molar-refractivity contribution in [2.24, 2.45) is 4.99 Å². The third-order valence-corrected chi connectivity index (χ3v) is 8.33. The van der Waals surface area contributed by atoms with Crippen molar-refractivity contribution in [3.8, 4) is 0 Å². The molecule has 2 atom stereocenters. The zero-order valence-corrected chi connectivity index (χ0v) is 21.4. The maximum atomic E-state index is 13.3. The number of carbonyl (C=O) groups is 2. The van der Waals surface area contributed by atoms with Crippen LogP contribution in [0.3, 0.4) is 0 Å². The molecule has 8 nitrogen and oxygen atoms in total. The number of hydrogen-bond donors (Lipinski definition) is 1. The molecule has 1 fully saturated rings. The lowest BCUT2D eigenvalue weighted by Gasteiger charge is -2.24. The molecule has 1 heterocycles. The molecule has 2 amide bonds. The van der Waals surface area contributed by atoms with Gasteiger partial charge >= 0.3 is 0 Å². The highest BCUT2D eigenvalue weighted by molar-refractivity contribution is 8.15. The normalized spacial score (nSPS) is 18.5. The molecule has 0 radical (unpaired) electrons. The minimum Gasteiger partial charge on any atom is -0.326 e. The maximum absolute atomic E-state index is 13.3. The third kappa shape index (κ3) is 6.05. The summed E-state index contributed by atoms with van der Waals surface area (Å²) in [7, 11) is -0.673. The van der Waals surface area contributed by atoms with E-state index >= 15 is 0 Å². The Morgan fingerprint density at radius 1 is 1.18 bits per heavy atom. The minimum absolute atomic E-state index is 0.0157. The first-order valence-corrected chi connectivity index (χ1v) is 13.4. The molecule has 2 aromatic carbocycles. The van der Waals surface area contributed by atoms with Crippen molar-refractivity contribution in [2.45, 2.75) is 49.3 Å². The number of amidine groups is 1. The van der Waals surface area contributed by atoms with Crippen molar-refractivity contribution in [3.05, 3.63) is 54.6 Å². The summed E-state index contributed by atoms with van der Waals surface area (Å²) in [4.78, 5) is 32.3. The molecule has 0 aliphatic carbocycles. The van der Waals surface area contributed by atoms with E-state index in [0.717, 1.165) is 17.1 Å². The fraction of sp³-hybridized carbons (Fsp3) is 0.375. The second kappa shape index (κ2) is 11.2. The average molecular weight is 503 g/mol. The van der Waals surface area contributed by atoms with Gasteiger partial charge in [0.1, 0.15) is 5.25 Å². The Balaban J connectivity index is 1.87. The van der Waals surface area contributed by atoms with Gasteiger partial charge in [-0.3, -0.25) is 14.5 Å². The highest BCUT2D eigenvalue weighted by Gasteiger charge is 2.41. The molecule has 10 heteroatoms. The van der Waals surface area contributed by atoms with Gasteiger partial charge < -0.3 is 5.32 Å². The van der Waals surface area contributed by atoms with Gasteiger partial charge in [0.2, 0.25) is 21.8 Å². The average Bonchev–Trinajstić information content (AvgIpc) is 3.09. The van der Waals surface area contributed by atoms with E-state index in [0.29, 0.717) is 16.5 Å². The number of sulfonamides is 1. The number of anilines is 1.